The minimum Gasteiger partial charge on any atom is -0.462 e. The molecule has 110 valence electrons. The van der Waals surface area contributed by atoms with Crippen LogP contribution in [-0.4, -0.2) is 31.7 Å². The van der Waals surface area contributed by atoms with Crippen LogP contribution in [0.25, 0.3) is 0 Å². The monoisotopic (exact) mass is 278 g/mol. The largest absolute Gasteiger partial charge is 0.462 e. The Labute approximate surface area is 119 Å². The molecule has 5 nitrogen and oxygen atoms in total. The average molecular weight is 278 g/mol. The van der Waals surface area contributed by atoms with E-state index in [1.54, 1.807) is 6.07 Å². The van der Waals surface area contributed by atoms with Gasteiger partial charge in [0.2, 0.25) is 0 Å². The number of aryl methyl sites for hydroxylation is 2. The van der Waals surface area contributed by atoms with Crippen LogP contribution in [0.15, 0.2) is 18.2 Å². The Kier molecular flexibility index (Phi) is 6.56. The molecule has 0 aliphatic heterocycles. The molecule has 0 unspecified atom stereocenters. The lowest BCUT2D eigenvalue weighted by Crippen LogP contribution is -2.36. The van der Waals surface area contributed by atoms with E-state index < -0.39 is 0 Å². The van der Waals surface area contributed by atoms with Crippen molar-refractivity contribution in [2.75, 3.05) is 19.7 Å². The third-order valence-electron chi connectivity index (χ3n) is 2.92. The molecule has 0 radical (unpaired) electrons. The second kappa shape index (κ2) is 8.19. The van der Waals surface area contributed by atoms with Gasteiger partial charge in [0, 0.05) is 13.1 Å². The number of ether oxygens (including phenoxy) is 1. The molecule has 1 rings (SSSR count). The van der Waals surface area contributed by atoms with E-state index in [0.717, 1.165) is 11.1 Å². The van der Waals surface area contributed by atoms with Gasteiger partial charge >= 0.3 is 12.0 Å². The number of amides is 2. The zero-order chi connectivity index (χ0) is 15.0. The number of nitrogens with one attached hydrogen (secondary N) is 2. The first-order chi connectivity index (χ1) is 9.54. The van der Waals surface area contributed by atoms with Crippen molar-refractivity contribution in [2.45, 2.75) is 27.2 Å². The maximum atomic E-state index is 11.8. The Hall–Kier alpha value is -2.04. The van der Waals surface area contributed by atoms with E-state index >= 15 is 0 Å². The number of hydrogen-bond acceptors (Lipinski definition) is 3. The van der Waals surface area contributed by atoms with Gasteiger partial charge in [0.1, 0.15) is 0 Å². The van der Waals surface area contributed by atoms with E-state index in [1.807, 2.05) is 32.9 Å². The fraction of sp³-hybridized carbons (Fsp3) is 0.467. The number of urea groups is 1. The summed E-state index contributed by atoms with van der Waals surface area (Å²) in [6.45, 7) is 7.17. The predicted octanol–water partition coefficient (Wildman–Crippen LogP) is 2.17. The van der Waals surface area contributed by atoms with Gasteiger partial charge in [0.05, 0.1) is 12.2 Å². The quantitative estimate of drug-likeness (QED) is 0.619. The highest BCUT2D eigenvalue weighted by atomic mass is 16.5. The van der Waals surface area contributed by atoms with E-state index in [-0.39, 0.29) is 18.6 Å². The van der Waals surface area contributed by atoms with Crippen LogP contribution in [0, 0.1) is 13.8 Å². The maximum Gasteiger partial charge on any atom is 0.338 e. The van der Waals surface area contributed by atoms with Gasteiger partial charge in [-0.1, -0.05) is 6.07 Å². The molecule has 1 aromatic rings. The third kappa shape index (κ3) is 5.30. The summed E-state index contributed by atoms with van der Waals surface area (Å²) in [4.78, 5) is 22.9. The van der Waals surface area contributed by atoms with Gasteiger partial charge in [-0.2, -0.15) is 0 Å². The van der Waals surface area contributed by atoms with E-state index in [0.29, 0.717) is 25.1 Å². The maximum absolute atomic E-state index is 11.8. The smallest absolute Gasteiger partial charge is 0.338 e. The summed E-state index contributed by atoms with van der Waals surface area (Å²) in [6.07, 6.45) is 0.591. The topological polar surface area (TPSA) is 67.4 Å². The molecule has 20 heavy (non-hydrogen) atoms. The average Bonchev–Trinajstić information content (AvgIpc) is 2.41. The highest BCUT2D eigenvalue weighted by Gasteiger charge is 2.07. The number of carbonyl (C=O) groups excluding carboxylic acids is 2. The van der Waals surface area contributed by atoms with Crippen molar-refractivity contribution in [2.24, 2.45) is 0 Å². The molecule has 0 atom stereocenters. The van der Waals surface area contributed by atoms with Crippen LogP contribution in [0.2, 0.25) is 0 Å². The molecule has 0 heterocycles. The summed E-state index contributed by atoms with van der Waals surface area (Å²) >= 11 is 0. The van der Waals surface area contributed by atoms with Crippen molar-refractivity contribution >= 4 is 12.0 Å². The molecule has 0 aliphatic carbocycles. The number of rotatable bonds is 6. The summed E-state index contributed by atoms with van der Waals surface area (Å²) in [5, 5.41) is 5.30. The van der Waals surface area contributed by atoms with Crippen LogP contribution < -0.4 is 10.6 Å². The molecular formula is C15H22N2O3. The van der Waals surface area contributed by atoms with E-state index in [9.17, 15) is 9.59 Å². The molecule has 5 heteroatoms. The fourth-order valence-corrected chi connectivity index (χ4v) is 1.61. The molecule has 0 aromatic heterocycles. The second-order valence-corrected chi connectivity index (χ2v) is 4.57. The van der Waals surface area contributed by atoms with Gasteiger partial charge in [-0.15, -0.1) is 0 Å². The van der Waals surface area contributed by atoms with E-state index in [1.165, 1.54) is 0 Å². The number of hydrogen-bond donors (Lipinski definition) is 2. The van der Waals surface area contributed by atoms with Crippen molar-refractivity contribution in [3.05, 3.63) is 34.9 Å². The number of benzene rings is 1. The zero-order valence-corrected chi connectivity index (χ0v) is 12.3. The minimum atomic E-state index is -0.328. The molecule has 2 N–H and O–H groups in total. The molecule has 0 spiro atoms. The third-order valence-corrected chi connectivity index (χ3v) is 2.92. The molecule has 1 aromatic carbocycles. The van der Waals surface area contributed by atoms with Crippen molar-refractivity contribution in [3.63, 3.8) is 0 Å². The summed E-state index contributed by atoms with van der Waals surface area (Å²) in [7, 11) is 0. The summed E-state index contributed by atoms with van der Waals surface area (Å²) < 4.78 is 5.15. The Morgan fingerprint density at radius 3 is 2.55 bits per heavy atom. The van der Waals surface area contributed by atoms with Crippen molar-refractivity contribution in [3.8, 4) is 0 Å². The Bertz CT molecular complexity index is 472. The second-order valence-electron chi connectivity index (χ2n) is 4.57. The first kappa shape index (κ1) is 16.0. The van der Waals surface area contributed by atoms with Gasteiger partial charge in [-0.3, -0.25) is 0 Å². The summed E-state index contributed by atoms with van der Waals surface area (Å²) in [6, 6.07) is 5.29. The Balaban J connectivity index is 2.26. The van der Waals surface area contributed by atoms with Crippen LogP contribution in [0.3, 0.4) is 0 Å². The van der Waals surface area contributed by atoms with Crippen molar-refractivity contribution in [1.82, 2.24) is 10.6 Å². The normalized spacial score (nSPS) is 9.95. The molecule has 0 saturated heterocycles. The van der Waals surface area contributed by atoms with E-state index in [4.69, 9.17) is 4.74 Å². The fourth-order valence-electron chi connectivity index (χ4n) is 1.61. The Morgan fingerprint density at radius 2 is 1.90 bits per heavy atom. The van der Waals surface area contributed by atoms with Gasteiger partial charge in [0.15, 0.2) is 0 Å². The molecule has 0 bridgehead atoms. The summed E-state index contributed by atoms with van der Waals surface area (Å²) in [5.74, 6) is -0.328. The highest BCUT2D eigenvalue weighted by molar-refractivity contribution is 5.89. The first-order valence-electron chi connectivity index (χ1n) is 6.80. The lowest BCUT2D eigenvalue weighted by molar-refractivity contribution is 0.0501. The van der Waals surface area contributed by atoms with Crippen LogP contribution in [0.5, 0.6) is 0 Å². The molecule has 0 saturated carbocycles. The van der Waals surface area contributed by atoms with Gasteiger partial charge in [-0.05, 0) is 50.5 Å². The molecule has 0 fully saturated rings. The predicted molar refractivity (Wildman–Crippen MR) is 77.9 cm³/mol. The Morgan fingerprint density at radius 1 is 1.15 bits per heavy atom. The van der Waals surface area contributed by atoms with Crippen LogP contribution in [0.4, 0.5) is 4.79 Å². The zero-order valence-electron chi connectivity index (χ0n) is 12.3. The SMILES string of the molecule is CCNC(=O)NCCCOC(=O)c1ccc(C)c(C)c1. The molecular weight excluding hydrogens is 256 g/mol. The molecule has 0 aliphatic rings. The molecule has 2 amide bonds. The van der Waals surface area contributed by atoms with Gasteiger partial charge < -0.3 is 15.4 Å². The van der Waals surface area contributed by atoms with Crippen molar-refractivity contribution < 1.29 is 14.3 Å². The summed E-state index contributed by atoms with van der Waals surface area (Å²) in [5.41, 5.74) is 2.77. The first-order valence-corrected chi connectivity index (χ1v) is 6.80. The van der Waals surface area contributed by atoms with Crippen LogP contribution >= 0.6 is 0 Å². The lowest BCUT2D eigenvalue weighted by atomic mass is 10.1. The highest BCUT2D eigenvalue weighted by Crippen LogP contribution is 2.10. The standard InChI is InChI=1S/C15H22N2O3/c1-4-16-15(19)17-8-5-9-20-14(18)13-7-6-11(2)12(3)10-13/h6-7,10H,4-5,8-9H2,1-3H3,(H2,16,17,19). The van der Waals surface area contributed by atoms with Crippen molar-refractivity contribution in [1.29, 1.82) is 0 Å². The number of carbonyl (C=O) groups is 2. The number of esters is 1. The van der Waals surface area contributed by atoms with E-state index in [2.05, 4.69) is 10.6 Å². The van der Waals surface area contributed by atoms with Crippen LogP contribution in [0.1, 0.15) is 34.8 Å². The van der Waals surface area contributed by atoms with Crippen LogP contribution in [-0.2, 0) is 4.74 Å². The minimum absolute atomic E-state index is 0.201. The van der Waals surface area contributed by atoms with Gasteiger partial charge in [-0.25, -0.2) is 9.59 Å². The van der Waals surface area contributed by atoms with Gasteiger partial charge in [0.25, 0.3) is 0 Å². The lowest BCUT2D eigenvalue weighted by Gasteiger charge is -2.08.